The van der Waals surface area contributed by atoms with Crippen LogP contribution in [-0.2, 0) is 0 Å². The molecule has 0 unspecified atom stereocenters. The minimum absolute atomic E-state index is 0.109. The first-order chi connectivity index (χ1) is 8.62. The van der Waals surface area contributed by atoms with Crippen LogP contribution in [0.15, 0.2) is 41.8 Å². The zero-order valence-electron chi connectivity index (χ0n) is 10.8. The Balaban J connectivity index is 2.19. The highest BCUT2D eigenvalue weighted by Gasteiger charge is 2.16. The molecule has 0 saturated heterocycles. The molecule has 0 aliphatic heterocycles. The van der Waals surface area contributed by atoms with Gasteiger partial charge in [0.05, 0.1) is 0 Å². The molecule has 3 heteroatoms. The molecule has 0 amide bonds. The van der Waals surface area contributed by atoms with Gasteiger partial charge in [-0.1, -0.05) is 38.1 Å². The van der Waals surface area contributed by atoms with Gasteiger partial charge in [0.2, 0.25) is 0 Å². The first-order valence-corrected chi connectivity index (χ1v) is 6.98. The molecule has 0 radical (unpaired) electrons. The summed E-state index contributed by atoms with van der Waals surface area (Å²) in [6, 6.07) is 12.5. The molecule has 1 heterocycles. The normalized spacial score (nSPS) is 11.5. The van der Waals surface area contributed by atoms with Crippen LogP contribution in [0.3, 0.4) is 0 Å². The van der Waals surface area contributed by atoms with E-state index in [9.17, 15) is 5.11 Å². The molecule has 2 nitrogen and oxygen atoms in total. The van der Waals surface area contributed by atoms with Gasteiger partial charge in [0, 0.05) is 34.7 Å². The molecule has 0 saturated carbocycles. The third kappa shape index (κ3) is 3.12. The highest BCUT2D eigenvalue weighted by Crippen LogP contribution is 2.31. The van der Waals surface area contributed by atoms with Crippen molar-refractivity contribution in [3.05, 3.63) is 41.8 Å². The van der Waals surface area contributed by atoms with E-state index in [1.807, 2.05) is 19.9 Å². The van der Waals surface area contributed by atoms with E-state index in [4.69, 9.17) is 0 Å². The first kappa shape index (κ1) is 13.1. The molecule has 0 bridgehead atoms. The van der Waals surface area contributed by atoms with E-state index in [0.29, 0.717) is 0 Å². The van der Waals surface area contributed by atoms with Crippen LogP contribution in [0.4, 0.5) is 5.69 Å². The molecule has 2 rings (SSSR count). The van der Waals surface area contributed by atoms with Crippen molar-refractivity contribution in [3.8, 4) is 10.4 Å². The molecule has 0 aliphatic carbocycles. The zero-order valence-corrected chi connectivity index (χ0v) is 11.6. The van der Waals surface area contributed by atoms with Crippen molar-refractivity contribution < 1.29 is 5.11 Å². The third-order valence-corrected chi connectivity index (χ3v) is 3.80. The SMILES string of the molecule is CC(C)(CO)CNc1ccccc1-c1cccs1. The van der Waals surface area contributed by atoms with Crippen LogP contribution in [0.1, 0.15) is 13.8 Å². The Morgan fingerprint density at radius 2 is 1.94 bits per heavy atom. The molecular weight excluding hydrogens is 242 g/mol. The largest absolute Gasteiger partial charge is 0.396 e. The molecule has 2 N–H and O–H groups in total. The molecule has 1 aromatic heterocycles. The van der Waals surface area contributed by atoms with Gasteiger partial charge < -0.3 is 10.4 Å². The van der Waals surface area contributed by atoms with Gasteiger partial charge >= 0.3 is 0 Å². The molecule has 0 aliphatic rings. The third-order valence-electron chi connectivity index (χ3n) is 2.90. The van der Waals surface area contributed by atoms with Crippen LogP contribution in [0, 0.1) is 5.41 Å². The highest BCUT2D eigenvalue weighted by atomic mass is 32.1. The van der Waals surface area contributed by atoms with Crippen molar-refractivity contribution >= 4 is 17.0 Å². The number of nitrogens with one attached hydrogen (secondary N) is 1. The van der Waals surface area contributed by atoms with Gasteiger partial charge in [-0.25, -0.2) is 0 Å². The van der Waals surface area contributed by atoms with Crippen LogP contribution in [-0.4, -0.2) is 18.3 Å². The lowest BCUT2D eigenvalue weighted by Crippen LogP contribution is -2.26. The van der Waals surface area contributed by atoms with E-state index < -0.39 is 0 Å². The Bertz CT molecular complexity index is 491. The van der Waals surface area contributed by atoms with Gasteiger partial charge in [-0.3, -0.25) is 0 Å². The van der Waals surface area contributed by atoms with Gasteiger partial charge in [-0.15, -0.1) is 11.3 Å². The number of para-hydroxylation sites is 1. The van der Waals surface area contributed by atoms with Gasteiger partial charge in [0.1, 0.15) is 0 Å². The van der Waals surface area contributed by atoms with Gasteiger partial charge in [0.25, 0.3) is 0 Å². The van der Waals surface area contributed by atoms with E-state index in [2.05, 4.69) is 41.0 Å². The molecule has 1 aromatic carbocycles. The molecule has 0 spiro atoms. The Hall–Kier alpha value is -1.32. The van der Waals surface area contributed by atoms with Crippen molar-refractivity contribution in [2.75, 3.05) is 18.5 Å². The lowest BCUT2D eigenvalue weighted by atomic mass is 9.94. The average Bonchev–Trinajstić information content (AvgIpc) is 2.91. The number of rotatable bonds is 5. The van der Waals surface area contributed by atoms with Crippen LogP contribution >= 0.6 is 11.3 Å². The van der Waals surface area contributed by atoms with Crippen LogP contribution in [0.2, 0.25) is 0 Å². The Labute approximate surface area is 112 Å². The van der Waals surface area contributed by atoms with Gasteiger partial charge in [0.15, 0.2) is 0 Å². The highest BCUT2D eigenvalue weighted by molar-refractivity contribution is 7.13. The standard InChI is InChI=1S/C15H19NOS/c1-15(2,11-17)10-16-13-7-4-3-6-12(13)14-8-5-9-18-14/h3-9,16-17H,10-11H2,1-2H3. The Morgan fingerprint density at radius 1 is 1.17 bits per heavy atom. The summed E-state index contributed by atoms with van der Waals surface area (Å²) in [6.07, 6.45) is 0. The predicted molar refractivity (Wildman–Crippen MR) is 79.1 cm³/mol. The van der Waals surface area contributed by atoms with Crippen molar-refractivity contribution in [2.24, 2.45) is 5.41 Å². The molecule has 2 aromatic rings. The summed E-state index contributed by atoms with van der Waals surface area (Å²) < 4.78 is 0. The van der Waals surface area contributed by atoms with Crippen molar-refractivity contribution in [1.29, 1.82) is 0 Å². The van der Waals surface area contributed by atoms with E-state index in [0.717, 1.165) is 12.2 Å². The lowest BCUT2D eigenvalue weighted by Gasteiger charge is -2.23. The lowest BCUT2D eigenvalue weighted by molar-refractivity contribution is 0.171. The van der Waals surface area contributed by atoms with Crippen molar-refractivity contribution in [3.63, 3.8) is 0 Å². The Kier molecular flexibility index (Phi) is 4.04. The number of hydrogen-bond donors (Lipinski definition) is 2. The number of anilines is 1. The monoisotopic (exact) mass is 261 g/mol. The number of aliphatic hydroxyl groups excluding tert-OH is 1. The minimum Gasteiger partial charge on any atom is -0.396 e. The smallest absolute Gasteiger partial charge is 0.0498 e. The van der Waals surface area contributed by atoms with Gasteiger partial charge in [-0.05, 0) is 17.5 Å². The molecule has 0 atom stereocenters. The molecule has 0 fully saturated rings. The second kappa shape index (κ2) is 5.55. The summed E-state index contributed by atoms with van der Waals surface area (Å²) in [5.41, 5.74) is 2.24. The predicted octanol–water partition coefficient (Wildman–Crippen LogP) is 3.85. The van der Waals surface area contributed by atoms with E-state index >= 15 is 0 Å². The number of thiophene rings is 1. The maximum Gasteiger partial charge on any atom is 0.0498 e. The van der Waals surface area contributed by atoms with E-state index in [-0.39, 0.29) is 12.0 Å². The summed E-state index contributed by atoms with van der Waals surface area (Å²) in [6.45, 7) is 5.04. The second-order valence-electron chi connectivity index (χ2n) is 5.20. The maximum absolute atomic E-state index is 9.29. The maximum atomic E-state index is 9.29. The quantitative estimate of drug-likeness (QED) is 0.857. The van der Waals surface area contributed by atoms with Crippen LogP contribution < -0.4 is 5.32 Å². The van der Waals surface area contributed by atoms with E-state index in [1.165, 1.54) is 10.4 Å². The summed E-state index contributed by atoms with van der Waals surface area (Å²) in [7, 11) is 0. The number of hydrogen-bond acceptors (Lipinski definition) is 3. The first-order valence-electron chi connectivity index (χ1n) is 6.10. The fourth-order valence-corrected chi connectivity index (χ4v) is 2.44. The second-order valence-corrected chi connectivity index (χ2v) is 6.15. The molecule has 18 heavy (non-hydrogen) atoms. The summed E-state index contributed by atoms with van der Waals surface area (Å²) in [4.78, 5) is 1.26. The summed E-state index contributed by atoms with van der Waals surface area (Å²) >= 11 is 1.74. The van der Waals surface area contributed by atoms with Gasteiger partial charge in [-0.2, -0.15) is 0 Å². The average molecular weight is 261 g/mol. The Morgan fingerprint density at radius 3 is 2.61 bits per heavy atom. The summed E-state index contributed by atoms with van der Waals surface area (Å²) in [5.74, 6) is 0. The van der Waals surface area contributed by atoms with Crippen LogP contribution in [0.5, 0.6) is 0 Å². The number of benzene rings is 1. The minimum atomic E-state index is -0.109. The van der Waals surface area contributed by atoms with Crippen molar-refractivity contribution in [2.45, 2.75) is 13.8 Å². The summed E-state index contributed by atoms with van der Waals surface area (Å²) in [5, 5.41) is 14.8. The zero-order chi connectivity index (χ0) is 13.0. The van der Waals surface area contributed by atoms with E-state index in [1.54, 1.807) is 11.3 Å². The fraction of sp³-hybridized carbons (Fsp3) is 0.333. The number of aliphatic hydroxyl groups is 1. The fourth-order valence-electron chi connectivity index (χ4n) is 1.67. The van der Waals surface area contributed by atoms with Crippen LogP contribution in [0.25, 0.3) is 10.4 Å². The van der Waals surface area contributed by atoms with Crippen molar-refractivity contribution in [1.82, 2.24) is 0 Å². The topological polar surface area (TPSA) is 32.3 Å². The molecular formula is C15H19NOS. The molecule has 96 valence electrons.